The molecule has 1 amide bonds. The lowest BCUT2D eigenvalue weighted by atomic mass is 9.98. The molecule has 0 radical (unpaired) electrons. The third-order valence-electron chi connectivity index (χ3n) is 4.89. The highest BCUT2D eigenvalue weighted by molar-refractivity contribution is 6.05. The van der Waals surface area contributed by atoms with Crippen molar-refractivity contribution in [3.63, 3.8) is 0 Å². The summed E-state index contributed by atoms with van der Waals surface area (Å²) in [7, 11) is 0. The quantitative estimate of drug-likeness (QED) is 0.941. The van der Waals surface area contributed by atoms with Crippen molar-refractivity contribution in [3.8, 4) is 5.88 Å². The first-order chi connectivity index (χ1) is 11.3. The number of nitrogens with zero attached hydrogens (tertiary/aromatic N) is 2. The first kappa shape index (κ1) is 14.2. The number of rotatable bonds is 4. The lowest BCUT2D eigenvalue weighted by molar-refractivity contribution is 0.1000. The molecule has 5 heteroatoms. The fourth-order valence-corrected chi connectivity index (χ4v) is 3.77. The maximum atomic E-state index is 12.5. The average Bonchev–Trinajstić information content (AvgIpc) is 3.19. The van der Waals surface area contributed by atoms with E-state index < -0.39 is 0 Å². The summed E-state index contributed by atoms with van der Waals surface area (Å²) in [5.74, 6) is 1.65. The summed E-state index contributed by atoms with van der Waals surface area (Å²) < 4.78 is 6.11. The molecule has 118 valence electrons. The van der Waals surface area contributed by atoms with Crippen molar-refractivity contribution in [3.05, 3.63) is 48.4 Å². The van der Waals surface area contributed by atoms with Crippen molar-refractivity contribution in [2.24, 2.45) is 11.8 Å². The molecule has 0 aromatic carbocycles. The van der Waals surface area contributed by atoms with Gasteiger partial charge in [0.15, 0.2) is 0 Å². The molecule has 23 heavy (non-hydrogen) atoms. The summed E-state index contributed by atoms with van der Waals surface area (Å²) in [6.45, 7) is 0. The Morgan fingerprint density at radius 3 is 2.74 bits per heavy atom. The SMILES string of the molecule is O=C(Nc1ccncc1)c1cccnc1O[C@H]1CC2CCC1C2. The van der Waals surface area contributed by atoms with E-state index in [4.69, 9.17) is 4.74 Å². The van der Waals surface area contributed by atoms with E-state index in [9.17, 15) is 4.79 Å². The maximum Gasteiger partial charge on any atom is 0.261 e. The normalized spacial score (nSPS) is 25.3. The van der Waals surface area contributed by atoms with Gasteiger partial charge < -0.3 is 10.1 Å². The molecule has 2 saturated carbocycles. The first-order valence-corrected chi connectivity index (χ1v) is 8.12. The molecule has 0 aliphatic heterocycles. The van der Waals surface area contributed by atoms with Crippen LogP contribution < -0.4 is 10.1 Å². The number of carbonyl (C=O) groups excluding carboxylic acids is 1. The van der Waals surface area contributed by atoms with Crippen LogP contribution in [0.3, 0.4) is 0 Å². The predicted octanol–water partition coefficient (Wildman–Crippen LogP) is 3.30. The second-order valence-corrected chi connectivity index (χ2v) is 6.38. The highest BCUT2D eigenvalue weighted by Crippen LogP contribution is 2.46. The molecule has 2 aliphatic rings. The molecular weight excluding hydrogens is 290 g/mol. The molecule has 1 N–H and O–H groups in total. The van der Waals surface area contributed by atoms with Crippen molar-refractivity contribution in [1.82, 2.24) is 9.97 Å². The van der Waals surface area contributed by atoms with E-state index in [1.807, 2.05) is 0 Å². The Morgan fingerprint density at radius 2 is 2.00 bits per heavy atom. The lowest BCUT2D eigenvalue weighted by Crippen LogP contribution is -2.25. The minimum Gasteiger partial charge on any atom is -0.473 e. The predicted molar refractivity (Wildman–Crippen MR) is 86.3 cm³/mol. The van der Waals surface area contributed by atoms with Crippen LogP contribution >= 0.6 is 0 Å². The van der Waals surface area contributed by atoms with E-state index in [2.05, 4.69) is 15.3 Å². The highest BCUT2D eigenvalue weighted by atomic mass is 16.5. The number of hydrogen-bond acceptors (Lipinski definition) is 4. The molecular formula is C18H19N3O2. The molecule has 2 aliphatic carbocycles. The van der Waals surface area contributed by atoms with E-state index in [0.717, 1.165) is 12.3 Å². The molecule has 4 rings (SSSR count). The van der Waals surface area contributed by atoms with Crippen LogP contribution in [-0.4, -0.2) is 22.0 Å². The fraction of sp³-hybridized carbons (Fsp3) is 0.389. The van der Waals surface area contributed by atoms with Crippen LogP contribution in [0.1, 0.15) is 36.0 Å². The largest absolute Gasteiger partial charge is 0.473 e. The lowest BCUT2D eigenvalue weighted by Gasteiger charge is -2.23. The zero-order valence-electron chi connectivity index (χ0n) is 12.8. The minimum atomic E-state index is -0.206. The second kappa shape index (κ2) is 5.99. The average molecular weight is 309 g/mol. The van der Waals surface area contributed by atoms with Crippen LogP contribution in [0.25, 0.3) is 0 Å². The fourth-order valence-electron chi connectivity index (χ4n) is 3.77. The Morgan fingerprint density at radius 1 is 1.13 bits per heavy atom. The van der Waals surface area contributed by atoms with Crippen molar-refractivity contribution in [2.45, 2.75) is 31.8 Å². The standard InChI is InChI=1S/C18H19N3O2/c22-17(21-14-5-8-19-9-6-14)15-2-1-7-20-18(15)23-16-11-12-3-4-13(16)10-12/h1-2,5-9,12-13,16H,3-4,10-11H2,(H,19,21,22)/t12?,13?,16-/m0/s1. The van der Waals surface area contributed by atoms with Gasteiger partial charge in [0, 0.05) is 24.3 Å². The van der Waals surface area contributed by atoms with Crippen LogP contribution in [-0.2, 0) is 0 Å². The second-order valence-electron chi connectivity index (χ2n) is 6.38. The highest BCUT2D eigenvalue weighted by Gasteiger charge is 2.41. The number of nitrogens with one attached hydrogen (secondary N) is 1. The smallest absolute Gasteiger partial charge is 0.261 e. The number of aromatic nitrogens is 2. The van der Waals surface area contributed by atoms with Gasteiger partial charge in [0.25, 0.3) is 5.91 Å². The topological polar surface area (TPSA) is 64.1 Å². The van der Waals surface area contributed by atoms with Gasteiger partial charge in [0.1, 0.15) is 11.7 Å². The number of anilines is 1. The maximum absolute atomic E-state index is 12.5. The summed E-state index contributed by atoms with van der Waals surface area (Å²) in [4.78, 5) is 20.8. The van der Waals surface area contributed by atoms with Crippen molar-refractivity contribution >= 4 is 11.6 Å². The van der Waals surface area contributed by atoms with E-state index in [-0.39, 0.29) is 12.0 Å². The van der Waals surface area contributed by atoms with Crippen LogP contribution in [0, 0.1) is 11.8 Å². The first-order valence-electron chi connectivity index (χ1n) is 8.12. The van der Waals surface area contributed by atoms with Gasteiger partial charge in [0.2, 0.25) is 5.88 Å². The molecule has 2 aromatic rings. The van der Waals surface area contributed by atoms with Gasteiger partial charge >= 0.3 is 0 Å². The minimum absolute atomic E-state index is 0.205. The van der Waals surface area contributed by atoms with Gasteiger partial charge in [-0.05, 0) is 61.8 Å². The van der Waals surface area contributed by atoms with Gasteiger partial charge in [-0.15, -0.1) is 0 Å². The van der Waals surface area contributed by atoms with E-state index in [1.54, 1.807) is 42.9 Å². The molecule has 0 spiro atoms. The van der Waals surface area contributed by atoms with Crippen molar-refractivity contribution in [2.75, 3.05) is 5.32 Å². The van der Waals surface area contributed by atoms with E-state index >= 15 is 0 Å². The summed E-state index contributed by atoms with van der Waals surface area (Å²) in [6.07, 6.45) is 10.1. The Labute approximate surface area is 135 Å². The zero-order chi connectivity index (χ0) is 15.6. The van der Waals surface area contributed by atoms with Crippen molar-refractivity contribution < 1.29 is 9.53 Å². The molecule has 2 heterocycles. The van der Waals surface area contributed by atoms with Crippen LogP contribution in [0.2, 0.25) is 0 Å². The number of carbonyl (C=O) groups is 1. The Kier molecular flexibility index (Phi) is 3.69. The number of fused-ring (bicyclic) bond motifs is 2. The monoisotopic (exact) mass is 309 g/mol. The number of ether oxygens (including phenoxy) is 1. The number of hydrogen-bond donors (Lipinski definition) is 1. The van der Waals surface area contributed by atoms with Gasteiger partial charge in [-0.2, -0.15) is 0 Å². The zero-order valence-corrected chi connectivity index (χ0v) is 12.8. The van der Waals surface area contributed by atoms with Gasteiger partial charge in [-0.1, -0.05) is 0 Å². The molecule has 2 aromatic heterocycles. The summed E-state index contributed by atoms with van der Waals surface area (Å²) in [6, 6.07) is 7.02. The molecule has 2 fully saturated rings. The molecule has 2 bridgehead atoms. The van der Waals surface area contributed by atoms with Crippen LogP contribution in [0.5, 0.6) is 5.88 Å². The number of pyridine rings is 2. The molecule has 3 atom stereocenters. The van der Waals surface area contributed by atoms with Crippen LogP contribution in [0.4, 0.5) is 5.69 Å². The van der Waals surface area contributed by atoms with Gasteiger partial charge in [-0.3, -0.25) is 9.78 Å². The third kappa shape index (κ3) is 2.91. The summed E-state index contributed by atoms with van der Waals surface area (Å²) >= 11 is 0. The van der Waals surface area contributed by atoms with E-state index in [0.29, 0.717) is 23.0 Å². The number of amides is 1. The summed E-state index contributed by atoms with van der Waals surface area (Å²) in [5.41, 5.74) is 1.19. The molecule has 2 unspecified atom stereocenters. The van der Waals surface area contributed by atoms with Crippen molar-refractivity contribution in [1.29, 1.82) is 0 Å². The Bertz CT molecular complexity index is 704. The Hall–Kier alpha value is -2.43. The summed E-state index contributed by atoms with van der Waals surface area (Å²) in [5, 5.41) is 2.86. The van der Waals surface area contributed by atoms with Crippen LogP contribution in [0.15, 0.2) is 42.9 Å². The van der Waals surface area contributed by atoms with Gasteiger partial charge in [0.05, 0.1) is 0 Å². The molecule has 0 saturated heterocycles. The Balaban J connectivity index is 1.51. The molecule has 5 nitrogen and oxygen atoms in total. The van der Waals surface area contributed by atoms with E-state index in [1.165, 1.54) is 19.3 Å². The van der Waals surface area contributed by atoms with Gasteiger partial charge in [-0.25, -0.2) is 4.98 Å². The third-order valence-corrected chi connectivity index (χ3v) is 4.89.